The van der Waals surface area contributed by atoms with Crippen molar-refractivity contribution in [2.45, 2.75) is 44.1 Å². The van der Waals surface area contributed by atoms with Crippen LogP contribution in [0.1, 0.15) is 37.2 Å². The van der Waals surface area contributed by atoms with Crippen LogP contribution in [0.15, 0.2) is 45.6 Å². The Hall–Kier alpha value is -1.52. The van der Waals surface area contributed by atoms with Gasteiger partial charge in [-0.2, -0.15) is 0 Å². The number of nitrogens with two attached hydrogens (primary N) is 2. The van der Waals surface area contributed by atoms with Crippen molar-refractivity contribution < 1.29 is 8.83 Å². The molecular weight excluding hydrogens is 252 g/mol. The van der Waals surface area contributed by atoms with Crippen molar-refractivity contribution in [2.24, 2.45) is 11.5 Å². The zero-order chi connectivity index (χ0) is 14.3. The zero-order valence-electron chi connectivity index (χ0n) is 11.9. The first-order chi connectivity index (χ1) is 9.72. The summed E-state index contributed by atoms with van der Waals surface area (Å²) in [5.41, 5.74) is 11.8. The maximum absolute atomic E-state index is 6.61. The largest absolute Gasteiger partial charge is 0.469 e. The van der Waals surface area contributed by atoms with Gasteiger partial charge >= 0.3 is 0 Å². The van der Waals surface area contributed by atoms with E-state index < -0.39 is 0 Å². The molecular formula is C16H24N2O2. The summed E-state index contributed by atoms with van der Waals surface area (Å²) in [7, 11) is 0. The Balaban J connectivity index is 1.97. The van der Waals surface area contributed by atoms with Crippen molar-refractivity contribution in [3.05, 3.63) is 48.3 Å². The second-order valence-corrected chi connectivity index (χ2v) is 5.47. The molecule has 2 rings (SSSR count). The summed E-state index contributed by atoms with van der Waals surface area (Å²) in [4.78, 5) is 0. The quantitative estimate of drug-likeness (QED) is 0.690. The molecule has 2 aromatic rings. The van der Waals surface area contributed by atoms with E-state index in [2.05, 4.69) is 0 Å². The van der Waals surface area contributed by atoms with E-state index in [1.807, 2.05) is 24.3 Å². The first-order valence-corrected chi connectivity index (χ1v) is 7.26. The Labute approximate surface area is 120 Å². The molecule has 4 heteroatoms. The van der Waals surface area contributed by atoms with Gasteiger partial charge in [0, 0.05) is 18.4 Å². The molecule has 0 atom stereocenters. The molecule has 0 unspecified atom stereocenters. The average molecular weight is 276 g/mol. The summed E-state index contributed by atoms with van der Waals surface area (Å²) in [6.07, 6.45) is 9.02. The Kier molecular flexibility index (Phi) is 5.44. The summed E-state index contributed by atoms with van der Waals surface area (Å²) >= 11 is 0. The molecule has 0 aliphatic heterocycles. The fourth-order valence-corrected chi connectivity index (χ4v) is 2.56. The van der Waals surface area contributed by atoms with Gasteiger partial charge in [-0.15, -0.1) is 0 Å². The Morgan fingerprint density at radius 1 is 0.900 bits per heavy atom. The van der Waals surface area contributed by atoms with Gasteiger partial charge in [0.15, 0.2) is 0 Å². The lowest BCUT2D eigenvalue weighted by atomic mass is 9.84. The van der Waals surface area contributed by atoms with Crippen LogP contribution < -0.4 is 11.5 Å². The summed E-state index contributed by atoms with van der Waals surface area (Å²) in [6, 6.07) is 7.75. The summed E-state index contributed by atoms with van der Waals surface area (Å²) in [5.74, 6) is 1.86. The average Bonchev–Trinajstić information content (AvgIpc) is 3.08. The van der Waals surface area contributed by atoms with E-state index in [-0.39, 0.29) is 5.54 Å². The molecule has 0 spiro atoms. The van der Waals surface area contributed by atoms with Crippen LogP contribution in [0.3, 0.4) is 0 Å². The first-order valence-electron chi connectivity index (χ1n) is 7.26. The normalized spacial score (nSPS) is 11.9. The fraction of sp³-hybridized carbons (Fsp3) is 0.500. The van der Waals surface area contributed by atoms with Gasteiger partial charge in [0.05, 0.1) is 12.5 Å². The van der Waals surface area contributed by atoms with Crippen LogP contribution in [0.25, 0.3) is 0 Å². The third kappa shape index (κ3) is 4.54. The molecule has 0 amide bonds. The number of hydrogen-bond acceptors (Lipinski definition) is 4. The number of furan rings is 2. The van der Waals surface area contributed by atoms with Gasteiger partial charge in [-0.25, -0.2) is 0 Å². The lowest BCUT2D eigenvalue weighted by molar-refractivity contribution is 0.318. The van der Waals surface area contributed by atoms with Crippen LogP contribution in [0, 0.1) is 0 Å². The Morgan fingerprint density at radius 3 is 1.95 bits per heavy atom. The highest BCUT2D eigenvalue weighted by molar-refractivity contribution is 5.10. The van der Waals surface area contributed by atoms with Gasteiger partial charge in [0.25, 0.3) is 0 Å². The van der Waals surface area contributed by atoms with Gasteiger partial charge in [-0.1, -0.05) is 12.8 Å². The third-order valence-electron chi connectivity index (χ3n) is 3.59. The number of unbranched alkanes of at least 4 members (excludes halogenated alkanes) is 2. The van der Waals surface area contributed by atoms with Gasteiger partial charge in [-0.05, 0) is 43.7 Å². The van der Waals surface area contributed by atoms with E-state index in [4.69, 9.17) is 20.3 Å². The minimum Gasteiger partial charge on any atom is -0.469 e. The summed E-state index contributed by atoms with van der Waals surface area (Å²) in [6.45, 7) is 0.744. The molecule has 0 saturated carbocycles. The van der Waals surface area contributed by atoms with Crippen LogP contribution in [0.2, 0.25) is 0 Å². The lowest BCUT2D eigenvalue weighted by Gasteiger charge is -2.28. The van der Waals surface area contributed by atoms with Crippen molar-refractivity contribution in [1.82, 2.24) is 0 Å². The van der Waals surface area contributed by atoms with E-state index in [9.17, 15) is 0 Å². The molecule has 4 nitrogen and oxygen atoms in total. The summed E-state index contributed by atoms with van der Waals surface area (Å²) < 4.78 is 10.9. The van der Waals surface area contributed by atoms with E-state index >= 15 is 0 Å². The fourth-order valence-electron chi connectivity index (χ4n) is 2.56. The van der Waals surface area contributed by atoms with Gasteiger partial charge in [0.1, 0.15) is 11.5 Å². The van der Waals surface area contributed by atoms with Crippen molar-refractivity contribution in [1.29, 1.82) is 0 Å². The molecule has 0 fully saturated rings. The highest BCUT2D eigenvalue weighted by atomic mass is 16.3. The van der Waals surface area contributed by atoms with E-state index in [1.165, 1.54) is 0 Å². The topological polar surface area (TPSA) is 78.3 Å². The van der Waals surface area contributed by atoms with E-state index in [0.717, 1.165) is 56.6 Å². The maximum Gasteiger partial charge on any atom is 0.105 e. The molecule has 0 aliphatic carbocycles. The highest BCUT2D eigenvalue weighted by Crippen LogP contribution is 2.23. The number of rotatable bonds is 9. The highest BCUT2D eigenvalue weighted by Gasteiger charge is 2.27. The van der Waals surface area contributed by atoms with Crippen molar-refractivity contribution in [2.75, 3.05) is 6.54 Å². The predicted molar refractivity (Wildman–Crippen MR) is 79.3 cm³/mol. The van der Waals surface area contributed by atoms with Gasteiger partial charge < -0.3 is 20.3 Å². The minimum atomic E-state index is -0.329. The third-order valence-corrected chi connectivity index (χ3v) is 3.59. The first kappa shape index (κ1) is 14.9. The zero-order valence-corrected chi connectivity index (χ0v) is 11.9. The van der Waals surface area contributed by atoms with Gasteiger partial charge in [0.2, 0.25) is 0 Å². The molecule has 2 heterocycles. The molecule has 110 valence electrons. The maximum atomic E-state index is 6.61. The van der Waals surface area contributed by atoms with Crippen molar-refractivity contribution in [3.63, 3.8) is 0 Å². The van der Waals surface area contributed by atoms with Crippen LogP contribution in [0.5, 0.6) is 0 Å². The molecule has 20 heavy (non-hydrogen) atoms. The standard InChI is InChI=1S/C16H24N2O2/c17-9-3-1-2-8-16(18,12-14-6-4-10-19-14)13-15-7-5-11-20-15/h4-7,10-11H,1-3,8-9,12-13,17-18H2. The smallest absolute Gasteiger partial charge is 0.105 e. The monoisotopic (exact) mass is 276 g/mol. The van der Waals surface area contributed by atoms with E-state index in [1.54, 1.807) is 12.5 Å². The lowest BCUT2D eigenvalue weighted by Crippen LogP contribution is -2.44. The van der Waals surface area contributed by atoms with Crippen LogP contribution in [-0.2, 0) is 12.8 Å². The minimum absolute atomic E-state index is 0.329. The molecule has 0 radical (unpaired) electrons. The van der Waals surface area contributed by atoms with Crippen LogP contribution >= 0.6 is 0 Å². The molecule has 0 aromatic carbocycles. The van der Waals surface area contributed by atoms with Gasteiger partial charge in [-0.3, -0.25) is 0 Å². The van der Waals surface area contributed by atoms with Crippen LogP contribution in [0.4, 0.5) is 0 Å². The van der Waals surface area contributed by atoms with E-state index in [0.29, 0.717) is 0 Å². The molecule has 0 bridgehead atoms. The van der Waals surface area contributed by atoms with Crippen molar-refractivity contribution in [3.8, 4) is 0 Å². The van der Waals surface area contributed by atoms with Crippen LogP contribution in [-0.4, -0.2) is 12.1 Å². The van der Waals surface area contributed by atoms with Crippen molar-refractivity contribution >= 4 is 0 Å². The Bertz CT molecular complexity index is 426. The predicted octanol–water partition coefficient (Wildman–Crippen LogP) is 2.87. The molecule has 2 aromatic heterocycles. The molecule has 0 saturated heterocycles. The number of hydrogen-bond donors (Lipinski definition) is 2. The molecule has 0 aliphatic rings. The SMILES string of the molecule is NCCCCCC(N)(Cc1ccco1)Cc1ccco1. The second kappa shape index (κ2) is 7.31. The second-order valence-electron chi connectivity index (χ2n) is 5.47. The molecule has 4 N–H and O–H groups in total. The summed E-state index contributed by atoms with van der Waals surface area (Å²) in [5, 5.41) is 0. The Morgan fingerprint density at radius 2 is 1.50 bits per heavy atom.